The van der Waals surface area contributed by atoms with Gasteiger partial charge in [0, 0.05) is 32.0 Å². The topological polar surface area (TPSA) is 111 Å². The Labute approximate surface area is 140 Å². The minimum absolute atomic E-state index is 0.0742. The molecular weight excluding hydrogens is 310 g/mol. The molecule has 0 aliphatic rings. The summed E-state index contributed by atoms with van der Waals surface area (Å²) < 4.78 is 6.31. The van der Waals surface area contributed by atoms with Crippen LogP contribution in [0.25, 0.3) is 0 Å². The Bertz CT molecular complexity index is 681. The molecular formula is C16H21N5O3. The van der Waals surface area contributed by atoms with Gasteiger partial charge in [0.1, 0.15) is 6.54 Å². The minimum atomic E-state index is -0.248. The number of aromatic nitrogens is 2. The number of nitrogens with one attached hydrogen (secondary N) is 2. The molecule has 2 rings (SSSR count). The monoisotopic (exact) mass is 331 g/mol. The summed E-state index contributed by atoms with van der Waals surface area (Å²) in [6.45, 7) is 1.40. The second kappa shape index (κ2) is 8.80. The van der Waals surface area contributed by atoms with Gasteiger partial charge in [-0.1, -0.05) is 12.1 Å². The van der Waals surface area contributed by atoms with E-state index in [0.29, 0.717) is 30.9 Å². The first-order valence-corrected chi connectivity index (χ1v) is 7.51. The zero-order valence-corrected chi connectivity index (χ0v) is 13.5. The van der Waals surface area contributed by atoms with E-state index in [9.17, 15) is 9.59 Å². The fourth-order valence-electron chi connectivity index (χ4n) is 2.01. The molecule has 24 heavy (non-hydrogen) atoms. The molecule has 2 amide bonds. The summed E-state index contributed by atoms with van der Waals surface area (Å²) in [7, 11) is 1.57. The highest BCUT2D eigenvalue weighted by Gasteiger charge is 2.09. The maximum absolute atomic E-state index is 12.1. The van der Waals surface area contributed by atoms with Crippen LogP contribution in [-0.2, 0) is 22.6 Å². The van der Waals surface area contributed by atoms with Gasteiger partial charge in [0.05, 0.1) is 18.5 Å². The van der Waals surface area contributed by atoms with Gasteiger partial charge in [-0.3, -0.25) is 14.3 Å². The summed E-state index contributed by atoms with van der Waals surface area (Å²) in [4.78, 5) is 23.8. The van der Waals surface area contributed by atoms with Crippen LogP contribution in [0.4, 0.5) is 5.69 Å². The first-order chi connectivity index (χ1) is 11.6. The van der Waals surface area contributed by atoms with Crippen molar-refractivity contribution in [3.8, 4) is 0 Å². The van der Waals surface area contributed by atoms with E-state index < -0.39 is 0 Å². The molecule has 8 nitrogen and oxygen atoms in total. The summed E-state index contributed by atoms with van der Waals surface area (Å²) in [5.74, 6) is -0.423. The van der Waals surface area contributed by atoms with Crippen molar-refractivity contribution in [1.82, 2.24) is 15.1 Å². The molecule has 0 fully saturated rings. The number of rotatable bonds is 8. The van der Waals surface area contributed by atoms with Crippen molar-refractivity contribution in [1.29, 1.82) is 0 Å². The molecule has 0 unspecified atom stereocenters. The molecule has 0 bridgehead atoms. The van der Waals surface area contributed by atoms with Gasteiger partial charge in [0.15, 0.2) is 0 Å². The van der Waals surface area contributed by atoms with Crippen LogP contribution in [0.3, 0.4) is 0 Å². The van der Waals surface area contributed by atoms with Crippen LogP contribution in [0.1, 0.15) is 15.9 Å². The molecule has 1 heterocycles. The minimum Gasteiger partial charge on any atom is -0.383 e. The Kier molecular flexibility index (Phi) is 6.47. The molecule has 0 aliphatic heterocycles. The van der Waals surface area contributed by atoms with E-state index in [0.717, 1.165) is 5.56 Å². The molecule has 0 saturated carbocycles. The fourth-order valence-corrected chi connectivity index (χ4v) is 2.01. The highest BCUT2D eigenvalue weighted by molar-refractivity contribution is 6.04. The Morgan fingerprint density at radius 1 is 1.29 bits per heavy atom. The van der Waals surface area contributed by atoms with E-state index in [1.165, 1.54) is 10.9 Å². The number of hydrogen-bond donors (Lipinski definition) is 3. The van der Waals surface area contributed by atoms with Crippen LogP contribution in [0, 0.1) is 0 Å². The number of carbonyl (C=O) groups is 2. The van der Waals surface area contributed by atoms with E-state index in [1.54, 1.807) is 25.4 Å². The fraction of sp³-hybridized carbons (Fsp3) is 0.312. The highest BCUT2D eigenvalue weighted by atomic mass is 16.5. The third-order valence-electron chi connectivity index (χ3n) is 3.28. The largest absolute Gasteiger partial charge is 0.383 e. The molecule has 8 heteroatoms. The Morgan fingerprint density at radius 2 is 2.04 bits per heavy atom. The van der Waals surface area contributed by atoms with Crippen molar-refractivity contribution in [2.45, 2.75) is 13.1 Å². The number of anilines is 1. The quantitative estimate of drug-likeness (QED) is 0.605. The van der Waals surface area contributed by atoms with Crippen molar-refractivity contribution in [2.24, 2.45) is 5.73 Å². The molecule has 128 valence electrons. The van der Waals surface area contributed by atoms with Crippen molar-refractivity contribution in [3.05, 3.63) is 47.8 Å². The number of nitrogens with zero attached hydrogens (tertiary/aromatic N) is 2. The molecule has 4 N–H and O–H groups in total. The molecule has 0 saturated heterocycles. The first kappa shape index (κ1) is 17.6. The molecule has 0 atom stereocenters. The van der Waals surface area contributed by atoms with Crippen LogP contribution in [0.15, 0.2) is 36.7 Å². The first-order valence-electron chi connectivity index (χ1n) is 7.51. The molecule has 2 aromatic rings. The average Bonchev–Trinajstić information content (AvgIpc) is 3.02. The van der Waals surface area contributed by atoms with Crippen molar-refractivity contribution in [2.75, 3.05) is 25.6 Å². The van der Waals surface area contributed by atoms with E-state index >= 15 is 0 Å². The Morgan fingerprint density at radius 3 is 2.71 bits per heavy atom. The Hall–Kier alpha value is -2.71. The van der Waals surface area contributed by atoms with Crippen LogP contribution >= 0.6 is 0 Å². The van der Waals surface area contributed by atoms with Crippen molar-refractivity contribution >= 4 is 17.5 Å². The normalized spacial score (nSPS) is 10.4. The zero-order chi connectivity index (χ0) is 17.4. The maximum atomic E-state index is 12.1. The molecule has 0 aliphatic carbocycles. The lowest BCUT2D eigenvalue weighted by Crippen LogP contribution is -2.30. The summed E-state index contributed by atoms with van der Waals surface area (Å²) in [6.07, 6.45) is 3.09. The highest BCUT2D eigenvalue weighted by Crippen LogP contribution is 2.09. The van der Waals surface area contributed by atoms with E-state index in [1.807, 2.05) is 12.1 Å². The predicted octanol–water partition coefficient (Wildman–Crippen LogP) is 0.357. The number of hydrogen-bond acceptors (Lipinski definition) is 5. The predicted molar refractivity (Wildman–Crippen MR) is 89.4 cm³/mol. The van der Waals surface area contributed by atoms with Crippen LogP contribution in [-0.4, -0.2) is 41.9 Å². The number of benzene rings is 1. The van der Waals surface area contributed by atoms with E-state index in [2.05, 4.69) is 15.7 Å². The van der Waals surface area contributed by atoms with Gasteiger partial charge in [-0.05, 0) is 17.7 Å². The van der Waals surface area contributed by atoms with Gasteiger partial charge in [-0.2, -0.15) is 5.10 Å². The SMILES string of the molecule is COCCNC(=O)Cn1cc(NC(=O)c2ccc(CN)cc2)cn1. The summed E-state index contributed by atoms with van der Waals surface area (Å²) >= 11 is 0. The molecule has 0 radical (unpaired) electrons. The average molecular weight is 331 g/mol. The molecule has 0 spiro atoms. The molecule has 1 aromatic heterocycles. The van der Waals surface area contributed by atoms with Gasteiger partial charge in [0.25, 0.3) is 5.91 Å². The standard InChI is InChI=1S/C16H21N5O3/c1-24-7-6-18-15(22)11-21-10-14(9-19-21)20-16(23)13-4-2-12(8-17)3-5-13/h2-5,9-10H,6-8,11,17H2,1H3,(H,18,22)(H,20,23). The smallest absolute Gasteiger partial charge is 0.255 e. The Balaban J connectivity index is 1.88. The third kappa shape index (κ3) is 5.18. The third-order valence-corrected chi connectivity index (χ3v) is 3.28. The summed E-state index contributed by atoms with van der Waals surface area (Å²) in [5.41, 5.74) is 7.53. The lowest BCUT2D eigenvalue weighted by atomic mass is 10.1. The number of carbonyl (C=O) groups excluding carboxylic acids is 2. The maximum Gasteiger partial charge on any atom is 0.255 e. The van der Waals surface area contributed by atoms with Crippen LogP contribution in [0.2, 0.25) is 0 Å². The summed E-state index contributed by atoms with van der Waals surface area (Å²) in [5, 5.41) is 9.48. The van der Waals surface area contributed by atoms with Crippen molar-refractivity contribution < 1.29 is 14.3 Å². The second-order valence-electron chi connectivity index (χ2n) is 5.12. The number of methoxy groups -OCH3 is 1. The van der Waals surface area contributed by atoms with Gasteiger partial charge < -0.3 is 21.1 Å². The van der Waals surface area contributed by atoms with Gasteiger partial charge in [0.2, 0.25) is 5.91 Å². The lowest BCUT2D eigenvalue weighted by molar-refractivity contribution is -0.122. The van der Waals surface area contributed by atoms with E-state index in [4.69, 9.17) is 10.5 Å². The van der Waals surface area contributed by atoms with Gasteiger partial charge in [-0.25, -0.2) is 0 Å². The van der Waals surface area contributed by atoms with Crippen LogP contribution in [0.5, 0.6) is 0 Å². The second-order valence-corrected chi connectivity index (χ2v) is 5.12. The number of amides is 2. The lowest BCUT2D eigenvalue weighted by Gasteiger charge is -2.05. The van der Waals surface area contributed by atoms with Gasteiger partial charge in [-0.15, -0.1) is 0 Å². The molecule has 1 aromatic carbocycles. The summed E-state index contributed by atoms with van der Waals surface area (Å²) in [6, 6.07) is 7.04. The van der Waals surface area contributed by atoms with Gasteiger partial charge >= 0.3 is 0 Å². The number of nitrogens with two attached hydrogens (primary N) is 1. The zero-order valence-electron chi connectivity index (χ0n) is 13.5. The van der Waals surface area contributed by atoms with E-state index in [-0.39, 0.29) is 18.4 Å². The van der Waals surface area contributed by atoms with Crippen molar-refractivity contribution in [3.63, 3.8) is 0 Å². The number of ether oxygens (including phenoxy) is 1. The van der Waals surface area contributed by atoms with Crippen LogP contribution < -0.4 is 16.4 Å².